The number of fused-ring (bicyclic) bond motifs is 1. The highest BCUT2D eigenvalue weighted by Crippen LogP contribution is 2.37. The normalized spacial score (nSPS) is 17.2. The zero-order valence-electron chi connectivity index (χ0n) is 26.1. The van der Waals surface area contributed by atoms with Gasteiger partial charge in [-0.3, -0.25) is 4.79 Å². The van der Waals surface area contributed by atoms with E-state index in [1.54, 1.807) is 30.0 Å². The molecule has 1 saturated heterocycles. The third-order valence-electron chi connectivity index (χ3n) is 8.09. The van der Waals surface area contributed by atoms with Gasteiger partial charge in [-0.25, -0.2) is 28.7 Å². The van der Waals surface area contributed by atoms with Crippen LogP contribution in [0.25, 0.3) is 28.0 Å². The fourth-order valence-electron chi connectivity index (χ4n) is 5.85. The monoisotopic (exact) mass is 617 g/mol. The molecule has 4 heterocycles. The van der Waals surface area contributed by atoms with Gasteiger partial charge in [0.15, 0.2) is 5.65 Å². The van der Waals surface area contributed by atoms with Crippen LogP contribution in [0.1, 0.15) is 70.3 Å². The Morgan fingerprint density at radius 1 is 1.05 bits per heavy atom. The van der Waals surface area contributed by atoms with Crippen LogP contribution in [-0.4, -0.2) is 60.5 Å². The second kappa shape index (κ2) is 12.1. The Bertz CT molecular complexity index is 1810. The third-order valence-corrected chi connectivity index (χ3v) is 8.38. The number of carbonyl (C=O) groups excluding carboxylic acids is 1. The second-order valence-electron chi connectivity index (χ2n) is 12.1. The molecule has 0 unspecified atom stereocenters. The SMILES string of the molecule is C=CC(=O)N1C[C@H](C)N(c2nc(=O)n(-c3c(C(C)C)ncnc3C(C)C)c3nc(-c4ccc(C)cc4F)c(Cl)cc23)C[C@H]1C. The summed E-state index contributed by atoms with van der Waals surface area (Å²) in [5.41, 5.74) is 2.73. The Labute approximate surface area is 261 Å². The van der Waals surface area contributed by atoms with Crippen LogP contribution in [0.15, 0.2) is 48.0 Å². The van der Waals surface area contributed by atoms with Gasteiger partial charge in [0, 0.05) is 30.7 Å². The molecule has 1 aliphatic heterocycles. The van der Waals surface area contributed by atoms with E-state index in [0.717, 1.165) is 5.56 Å². The average molecular weight is 618 g/mol. The van der Waals surface area contributed by atoms with E-state index in [2.05, 4.69) is 21.5 Å². The van der Waals surface area contributed by atoms with Crippen LogP contribution < -0.4 is 10.6 Å². The van der Waals surface area contributed by atoms with Crippen molar-refractivity contribution in [2.24, 2.45) is 0 Å². The minimum Gasteiger partial charge on any atom is -0.349 e. The van der Waals surface area contributed by atoms with E-state index in [-0.39, 0.29) is 51.8 Å². The fraction of sp³-hybridized carbons (Fsp3) is 0.394. The number of aromatic nitrogens is 5. The summed E-state index contributed by atoms with van der Waals surface area (Å²) in [5.74, 6) is -0.334. The predicted molar refractivity (Wildman–Crippen MR) is 172 cm³/mol. The lowest BCUT2D eigenvalue weighted by Gasteiger charge is -2.44. The number of anilines is 1. The van der Waals surface area contributed by atoms with Gasteiger partial charge < -0.3 is 9.80 Å². The van der Waals surface area contributed by atoms with E-state index in [9.17, 15) is 9.59 Å². The highest BCUT2D eigenvalue weighted by molar-refractivity contribution is 6.33. The summed E-state index contributed by atoms with van der Waals surface area (Å²) in [6.45, 7) is 18.2. The zero-order valence-corrected chi connectivity index (χ0v) is 26.9. The van der Waals surface area contributed by atoms with Crippen molar-refractivity contribution in [2.75, 3.05) is 18.0 Å². The van der Waals surface area contributed by atoms with Crippen molar-refractivity contribution >= 4 is 34.4 Å². The number of benzene rings is 1. The first-order chi connectivity index (χ1) is 20.8. The van der Waals surface area contributed by atoms with Gasteiger partial charge >= 0.3 is 5.69 Å². The van der Waals surface area contributed by atoms with E-state index >= 15 is 4.39 Å². The molecule has 11 heteroatoms. The van der Waals surface area contributed by atoms with Gasteiger partial charge in [-0.2, -0.15) is 4.98 Å². The van der Waals surface area contributed by atoms with Gasteiger partial charge in [0.05, 0.1) is 33.2 Å². The Hall–Kier alpha value is -4.18. The lowest BCUT2D eigenvalue weighted by Crippen LogP contribution is -2.58. The molecule has 0 spiro atoms. The largest absolute Gasteiger partial charge is 0.355 e. The molecule has 1 amide bonds. The molecule has 5 rings (SSSR count). The van der Waals surface area contributed by atoms with Crippen LogP contribution in [0.4, 0.5) is 10.2 Å². The first kappa shape index (κ1) is 31.3. The molecule has 4 aromatic rings. The maximum atomic E-state index is 15.3. The number of nitrogens with zero attached hydrogens (tertiary/aromatic N) is 7. The van der Waals surface area contributed by atoms with Crippen molar-refractivity contribution in [3.63, 3.8) is 0 Å². The van der Waals surface area contributed by atoms with E-state index < -0.39 is 11.5 Å². The van der Waals surface area contributed by atoms with Crippen LogP contribution in [0.3, 0.4) is 0 Å². The summed E-state index contributed by atoms with van der Waals surface area (Å²) in [4.78, 5) is 49.2. The van der Waals surface area contributed by atoms with Crippen molar-refractivity contribution in [1.29, 1.82) is 0 Å². The lowest BCUT2D eigenvalue weighted by molar-refractivity contribution is -0.128. The molecular weight excluding hydrogens is 581 g/mol. The number of rotatable bonds is 6. The molecule has 3 aromatic heterocycles. The number of amides is 1. The first-order valence-electron chi connectivity index (χ1n) is 14.8. The Kier molecular flexibility index (Phi) is 8.57. The Morgan fingerprint density at radius 3 is 2.30 bits per heavy atom. The van der Waals surface area contributed by atoms with Crippen molar-refractivity contribution in [1.82, 2.24) is 29.4 Å². The van der Waals surface area contributed by atoms with E-state index in [4.69, 9.17) is 16.6 Å². The minimum atomic E-state index is -0.569. The lowest BCUT2D eigenvalue weighted by atomic mass is 10.0. The first-order valence-corrected chi connectivity index (χ1v) is 15.2. The maximum absolute atomic E-state index is 15.3. The van der Waals surface area contributed by atoms with Gasteiger partial charge in [-0.05, 0) is 62.4 Å². The number of hydrogen-bond donors (Lipinski definition) is 0. The molecule has 0 saturated carbocycles. The van der Waals surface area contributed by atoms with Crippen LogP contribution in [0.2, 0.25) is 5.02 Å². The molecule has 230 valence electrons. The second-order valence-corrected chi connectivity index (χ2v) is 12.5. The van der Waals surface area contributed by atoms with Gasteiger partial charge in [-0.15, -0.1) is 0 Å². The summed E-state index contributed by atoms with van der Waals surface area (Å²) >= 11 is 6.86. The van der Waals surface area contributed by atoms with Crippen LogP contribution in [0.5, 0.6) is 0 Å². The Balaban J connectivity index is 1.86. The van der Waals surface area contributed by atoms with Crippen molar-refractivity contribution in [2.45, 2.75) is 72.4 Å². The van der Waals surface area contributed by atoms with Crippen molar-refractivity contribution in [3.8, 4) is 16.9 Å². The molecule has 0 N–H and O–H groups in total. The molecule has 2 atom stereocenters. The molecule has 1 fully saturated rings. The van der Waals surface area contributed by atoms with Crippen molar-refractivity contribution < 1.29 is 9.18 Å². The number of hydrogen-bond acceptors (Lipinski definition) is 7. The number of aryl methyl sites for hydroxylation is 1. The van der Waals surface area contributed by atoms with Crippen LogP contribution >= 0.6 is 11.6 Å². The third kappa shape index (κ3) is 5.47. The van der Waals surface area contributed by atoms with Gasteiger partial charge in [0.2, 0.25) is 5.91 Å². The Morgan fingerprint density at radius 2 is 1.70 bits per heavy atom. The molecule has 1 aliphatic rings. The van der Waals surface area contributed by atoms with Crippen molar-refractivity contribution in [3.05, 3.63) is 81.5 Å². The highest BCUT2D eigenvalue weighted by Gasteiger charge is 2.34. The maximum Gasteiger partial charge on any atom is 0.355 e. The molecule has 0 aliphatic carbocycles. The zero-order chi connectivity index (χ0) is 32.0. The molecule has 1 aromatic carbocycles. The number of pyridine rings is 1. The highest BCUT2D eigenvalue weighted by atomic mass is 35.5. The summed E-state index contributed by atoms with van der Waals surface area (Å²) in [6, 6.07) is 6.18. The predicted octanol–water partition coefficient (Wildman–Crippen LogP) is 6.20. The average Bonchev–Trinajstić information content (AvgIpc) is 2.97. The van der Waals surface area contributed by atoms with Crippen LogP contribution in [-0.2, 0) is 4.79 Å². The standard InChI is InChI=1S/C33H37ClFN7O2/c1-9-26(43)40-14-21(8)41(15-20(40)7)31-23-13-24(34)29(22-11-10-19(6)12-25(22)35)38-32(23)42(33(44)39-31)30-27(17(2)3)36-16-37-28(30)18(4)5/h9-13,16-18,20-21H,1,14-15H2,2-8H3/t20-,21+/m1/s1. The van der Waals surface area contributed by atoms with Gasteiger partial charge in [-0.1, -0.05) is 51.9 Å². The molecule has 44 heavy (non-hydrogen) atoms. The topological polar surface area (TPSA) is 97.1 Å². The molecule has 0 radical (unpaired) electrons. The smallest absolute Gasteiger partial charge is 0.349 e. The molecule has 9 nitrogen and oxygen atoms in total. The van der Waals surface area contributed by atoms with Gasteiger partial charge in [0.1, 0.15) is 18.0 Å². The number of carbonyl (C=O) groups is 1. The number of halogens is 2. The fourth-order valence-corrected chi connectivity index (χ4v) is 6.11. The summed E-state index contributed by atoms with van der Waals surface area (Å²) in [7, 11) is 0. The van der Waals surface area contributed by atoms with E-state index in [0.29, 0.717) is 41.4 Å². The summed E-state index contributed by atoms with van der Waals surface area (Å²) < 4.78 is 16.8. The molecular formula is C33H37ClFN7O2. The number of piperazine rings is 1. The molecule has 0 bridgehead atoms. The quantitative estimate of drug-likeness (QED) is 0.238. The van der Waals surface area contributed by atoms with Crippen LogP contribution in [0, 0.1) is 12.7 Å². The van der Waals surface area contributed by atoms with Gasteiger partial charge in [0.25, 0.3) is 0 Å². The summed E-state index contributed by atoms with van der Waals surface area (Å²) in [6.07, 6.45) is 2.82. The van der Waals surface area contributed by atoms with E-state index in [1.165, 1.54) is 23.0 Å². The minimum absolute atomic E-state index is 0.0511. The van der Waals surface area contributed by atoms with E-state index in [1.807, 2.05) is 46.4 Å². The summed E-state index contributed by atoms with van der Waals surface area (Å²) in [5, 5.41) is 0.730.